The molecule has 1 saturated heterocycles. The summed E-state index contributed by atoms with van der Waals surface area (Å²) in [5, 5.41) is 7.02. The standard InChI is InChI=1S/C12H19N3/c1-10(12-6-2-3-8-14-12)15-11-5-4-7-13-9-11/h2-3,6,8,10-11,13,15H,4-5,7,9H2,1H3/t10?,11-/m0/s1. The van der Waals surface area contributed by atoms with E-state index in [0.29, 0.717) is 12.1 Å². The molecular formula is C12H19N3. The maximum absolute atomic E-state index is 4.36. The minimum Gasteiger partial charge on any atom is -0.315 e. The molecule has 0 amide bonds. The van der Waals surface area contributed by atoms with Crippen molar-refractivity contribution < 1.29 is 0 Å². The number of nitrogens with zero attached hydrogens (tertiary/aromatic N) is 1. The molecule has 1 aliphatic rings. The fraction of sp³-hybridized carbons (Fsp3) is 0.583. The van der Waals surface area contributed by atoms with E-state index in [1.165, 1.54) is 12.8 Å². The summed E-state index contributed by atoms with van der Waals surface area (Å²) in [5.41, 5.74) is 1.13. The fourth-order valence-electron chi connectivity index (χ4n) is 2.07. The van der Waals surface area contributed by atoms with Gasteiger partial charge in [0.15, 0.2) is 0 Å². The lowest BCUT2D eigenvalue weighted by Gasteiger charge is -2.27. The Morgan fingerprint density at radius 3 is 3.13 bits per heavy atom. The van der Waals surface area contributed by atoms with Crippen LogP contribution >= 0.6 is 0 Å². The van der Waals surface area contributed by atoms with Gasteiger partial charge in [-0.1, -0.05) is 6.07 Å². The van der Waals surface area contributed by atoms with Gasteiger partial charge >= 0.3 is 0 Å². The molecule has 82 valence electrons. The van der Waals surface area contributed by atoms with Crippen molar-refractivity contribution in [3.05, 3.63) is 30.1 Å². The first-order valence-corrected chi connectivity index (χ1v) is 5.74. The van der Waals surface area contributed by atoms with Gasteiger partial charge in [0.05, 0.1) is 5.69 Å². The Labute approximate surface area is 91.3 Å². The zero-order valence-corrected chi connectivity index (χ0v) is 9.24. The van der Waals surface area contributed by atoms with E-state index in [-0.39, 0.29) is 0 Å². The summed E-state index contributed by atoms with van der Waals surface area (Å²) in [5.74, 6) is 0. The number of nitrogens with one attached hydrogen (secondary N) is 2. The summed E-state index contributed by atoms with van der Waals surface area (Å²) in [6.07, 6.45) is 4.39. The number of aromatic nitrogens is 1. The second-order valence-corrected chi connectivity index (χ2v) is 4.19. The van der Waals surface area contributed by atoms with Crippen molar-refractivity contribution in [1.82, 2.24) is 15.6 Å². The van der Waals surface area contributed by atoms with Gasteiger partial charge in [0.25, 0.3) is 0 Å². The second-order valence-electron chi connectivity index (χ2n) is 4.19. The molecule has 3 heteroatoms. The largest absolute Gasteiger partial charge is 0.315 e. The highest BCUT2D eigenvalue weighted by molar-refractivity contribution is 5.08. The molecule has 3 nitrogen and oxygen atoms in total. The van der Waals surface area contributed by atoms with Crippen LogP contribution in [0, 0.1) is 0 Å². The van der Waals surface area contributed by atoms with Crippen LogP contribution in [0.1, 0.15) is 31.5 Å². The van der Waals surface area contributed by atoms with E-state index in [1.54, 1.807) is 0 Å². The van der Waals surface area contributed by atoms with Crippen molar-refractivity contribution in [2.24, 2.45) is 0 Å². The van der Waals surface area contributed by atoms with E-state index < -0.39 is 0 Å². The zero-order valence-electron chi connectivity index (χ0n) is 9.24. The van der Waals surface area contributed by atoms with Crippen LogP contribution in [0.25, 0.3) is 0 Å². The van der Waals surface area contributed by atoms with E-state index >= 15 is 0 Å². The molecule has 2 rings (SSSR count). The molecule has 0 bridgehead atoms. The Bertz CT molecular complexity index is 280. The fourth-order valence-corrected chi connectivity index (χ4v) is 2.07. The van der Waals surface area contributed by atoms with Crippen molar-refractivity contribution in [3.63, 3.8) is 0 Å². The summed E-state index contributed by atoms with van der Waals surface area (Å²) in [7, 11) is 0. The average Bonchev–Trinajstić information content (AvgIpc) is 2.31. The number of hydrogen-bond donors (Lipinski definition) is 2. The summed E-state index contributed by atoms with van der Waals surface area (Å²) in [6, 6.07) is 7.01. The molecule has 2 N–H and O–H groups in total. The van der Waals surface area contributed by atoms with Gasteiger partial charge in [0.2, 0.25) is 0 Å². The normalized spacial score (nSPS) is 23.7. The zero-order chi connectivity index (χ0) is 10.5. The van der Waals surface area contributed by atoms with Gasteiger partial charge in [-0.25, -0.2) is 0 Å². The van der Waals surface area contributed by atoms with Gasteiger partial charge in [-0.15, -0.1) is 0 Å². The molecule has 1 aromatic rings. The molecule has 1 unspecified atom stereocenters. The van der Waals surface area contributed by atoms with Gasteiger partial charge in [0, 0.05) is 24.8 Å². The molecule has 0 saturated carbocycles. The van der Waals surface area contributed by atoms with Crippen LogP contribution < -0.4 is 10.6 Å². The minimum atomic E-state index is 0.344. The topological polar surface area (TPSA) is 37.0 Å². The van der Waals surface area contributed by atoms with Gasteiger partial charge in [-0.2, -0.15) is 0 Å². The lowest BCUT2D eigenvalue weighted by molar-refractivity contribution is 0.359. The maximum atomic E-state index is 4.36. The molecule has 2 atom stereocenters. The van der Waals surface area contributed by atoms with E-state index in [2.05, 4.69) is 28.6 Å². The highest BCUT2D eigenvalue weighted by Gasteiger charge is 2.16. The third-order valence-electron chi connectivity index (χ3n) is 2.91. The van der Waals surface area contributed by atoms with E-state index in [1.807, 2.05) is 18.3 Å². The Morgan fingerprint density at radius 1 is 1.53 bits per heavy atom. The summed E-state index contributed by atoms with van der Waals surface area (Å²) in [4.78, 5) is 4.36. The maximum Gasteiger partial charge on any atom is 0.0570 e. The summed E-state index contributed by atoms with van der Waals surface area (Å²) in [6.45, 7) is 4.42. The first kappa shape index (κ1) is 10.6. The lowest BCUT2D eigenvalue weighted by atomic mass is 10.1. The Morgan fingerprint density at radius 2 is 2.47 bits per heavy atom. The molecule has 1 aliphatic heterocycles. The van der Waals surface area contributed by atoms with Crippen LogP contribution in [0.15, 0.2) is 24.4 Å². The van der Waals surface area contributed by atoms with Crippen LogP contribution in [-0.2, 0) is 0 Å². The van der Waals surface area contributed by atoms with E-state index in [0.717, 1.165) is 18.8 Å². The van der Waals surface area contributed by atoms with Crippen LogP contribution in [0.5, 0.6) is 0 Å². The molecule has 15 heavy (non-hydrogen) atoms. The second kappa shape index (κ2) is 5.24. The molecule has 0 radical (unpaired) electrons. The van der Waals surface area contributed by atoms with Crippen molar-refractivity contribution in [3.8, 4) is 0 Å². The average molecular weight is 205 g/mol. The number of rotatable bonds is 3. The molecular weight excluding hydrogens is 186 g/mol. The quantitative estimate of drug-likeness (QED) is 0.785. The minimum absolute atomic E-state index is 0.344. The van der Waals surface area contributed by atoms with Gasteiger partial charge in [-0.05, 0) is 38.4 Å². The number of pyridine rings is 1. The molecule has 1 fully saturated rings. The van der Waals surface area contributed by atoms with Crippen LogP contribution in [-0.4, -0.2) is 24.1 Å². The lowest BCUT2D eigenvalue weighted by Crippen LogP contribution is -2.44. The van der Waals surface area contributed by atoms with Crippen molar-refractivity contribution in [2.45, 2.75) is 31.8 Å². The SMILES string of the molecule is CC(N[C@H]1CCCNC1)c1ccccn1. The van der Waals surface area contributed by atoms with Crippen LogP contribution in [0.4, 0.5) is 0 Å². The molecule has 1 aromatic heterocycles. The predicted octanol–water partition coefficient (Wildman–Crippen LogP) is 1.48. The van der Waals surface area contributed by atoms with Gasteiger partial charge < -0.3 is 10.6 Å². The Balaban J connectivity index is 1.88. The van der Waals surface area contributed by atoms with Crippen LogP contribution in [0.3, 0.4) is 0 Å². The highest BCUT2D eigenvalue weighted by atomic mass is 15.0. The van der Waals surface area contributed by atoms with Gasteiger partial charge in [0.1, 0.15) is 0 Å². The molecule has 2 heterocycles. The van der Waals surface area contributed by atoms with E-state index in [4.69, 9.17) is 0 Å². The van der Waals surface area contributed by atoms with E-state index in [9.17, 15) is 0 Å². The van der Waals surface area contributed by atoms with Crippen molar-refractivity contribution >= 4 is 0 Å². The first-order valence-electron chi connectivity index (χ1n) is 5.74. The monoisotopic (exact) mass is 205 g/mol. The number of piperidine rings is 1. The molecule has 0 spiro atoms. The highest BCUT2D eigenvalue weighted by Crippen LogP contribution is 2.11. The smallest absolute Gasteiger partial charge is 0.0570 e. The number of hydrogen-bond acceptors (Lipinski definition) is 3. The molecule has 0 aliphatic carbocycles. The Hall–Kier alpha value is -0.930. The molecule has 0 aromatic carbocycles. The van der Waals surface area contributed by atoms with Crippen LogP contribution in [0.2, 0.25) is 0 Å². The van der Waals surface area contributed by atoms with Gasteiger partial charge in [-0.3, -0.25) is 4.98 Å². The third kappa shape index (κ3) is 3.01. The van der Waals surface area contributed by atoms with Crippen molar-refractivity contribution in [1.29, 1.82) is 0 Å². The summed E-state index contributed by atoms with van der Waals surface area (Å²) >= 11 is 0. The predicted molar refractivity (Wildman–Crippen MR) is 61.7 cm³/mol. The third-order valence-corrected chi connectivity index (χ3v) is 2.91. The summed E-state index contributed by atoms with van der Waals surface area (Å²) < 4.78 is 0. The first-order chi connectivity index (χ1) is 7.36. The van der Waals surface area contributed by atoms with Crippen molar-refractivity contribution in [2.75, 3.05) is 13.1 Å². The Kier molecular flexibility index (Phi) is 3.69.